The van der Waals surface area contributed by atoms with Crippen LogP contribution in [0.5, 0.6) is 0 Å². The van der Waals surface area contributed by atoms with Crippen molar-refractivity contribution < 1.29 is 8.78 Å². The number of likely N-dealkylation sites (N-methyl/N-ethyl adjacent to an activating group) is 1. The average molecular weight is 519 g/mol. The quantitative estimate of drug-likeness (QED) is 0.394. The summed E-state index contributed by atoms with van der Waals surface area (Å²) in [5, 5.41) is 3.06. The fraction of sp³-hybridized carbons (Fsp3) is 0.429. The predicted molar refractivity (Wildman–Crippen MR) is 143 cm³/mol. The SMILES string of the molecule is CCN1CCN(Cc2ccc(Nc3ncc(F)c(-c4cc(F)c5nc6n(c5c4)CCCCC6)n3)nc2)CC1. The Morgan fingerprint density at radius 2 is 1.71 bits per heavy atom. The molecule has 0 radical (unpaired) electrons. The Morgan fingerprint density at radius 1 is 0.868 bits per heavy atom. The Balaban J connectivity index is 1.21. The van der Waals surface area contributed by atoms with Crippen molar-refractivity contribution in [2.75, 3.05) is 38.0 Å². The van der Waals surface area contributed by atoms with E-state index in [1.165, 1.54) is 6.07 Å². The number of rotatable bonds is 6. The van der Waals surface area contributed by atoms with Crippen molar-refractivity contribution in [3.63, 3.8) is 0 Å². The Kier molecular flexibility index (Phi) is 6.99. The van der Waals surface area contributed by atoms with E-state index in [9.17, 15) is 4.39 Å². The fourth-order valence-electron chi connectivity index (χ4n) is 5.39. The number of fused-ring (bicyclic) bond motifs is 3. The molecule has 8 nitrogen and oxygen atoms in total. The molecule has 0 bridgehead atoms. The van der Waals surface area contributed by atoms with Crippen LogP contribution in [0.3, 0.4) is 0 Å². The molecule has 0 saturated carbocycles. The first kappa shape index (κ1) is 24.8. The molecule has 0 atom stereocenters. The molecule has 198 valence electrons. The van der Waals surface area contributed by atoms with Gasteiger partial charge < -0.3 is 14.8 Å². The van der Waals surface area contributed by atoms with Crippen molar-refractivity contribution in [2.45, 2.75) is 45.7 Å². The van der Waals surface area contributed by atoms with E-state index in [2.05, 4.69) is 46.5 Å². The van der Waals surface area contributed by atoms with Crippen LogP contribution in [0.4, 0.5) is 20.5 Å². The molecular weight excluding hydrogens is 486 g/mol. The van der Waals surface area contributed by atoms with Gasteiger partial charge in [-0.1, -0.05) is 19.4 Å². The molecule has 38 heavy (non-hydrogen) atoms. The zero-order valence-electron chi connectivity index (χ0n) is 21.6. The van der Waals surface area contributed by atoms with E-state index >= 15 is 4.39 Å². The summed E-state index contributed by atoms with van der Waals surface area (Å²) in [6, 6.07) is 6.98. The highest BCUT2D eigenvalue weighted by Crippen LogP contribution is 2.30. The molecule has 2 aliphatic rings. The number of hydrogen-bond acceptors (Lipinski definition) is 7. The maximum absolute atomic E-state index is 15.1. The van der Waals surface area contributed by atoms with Gasteiger partial charge in [-0.3, -0.25) is 4.90 Å². The lowest BCUT2D eigenvalue weighted by Crippen LogP contribution is -2.45. The first-order valence-corrected chi connectivity index (χ1v) is 13.5. The molecule has 0 unspecified atom stereocenters. The van der Waals surface area contributed by atoms with Crippen LogP contribution in [0.1, 0.15) is 37.6 Å². The third-order valence-corrected chi connectivity index (χ3v) is 7.57. The van der Waals surface area contributed by atoms with Gasteiger partial charge in [0.15, 0.2) is 11.6 Å². The van der Waals surface area contributed by atoms with E-state index in [1.807, 2.05) is 18.3 Å². The number of imidazole rings is 1. The van der Waals surface area contributed by atoms with Gasteiger partial charge in [0, 0.05) is 57.4 Å². The number of anilines is 2. The molecular formula is C28H32F2N8. The number of piperazine rings is 1. The number of halogens is 2. The number of aryl methyl sites for hydroxylation is 2. The maximum Gasteiger partial charge on any atom is 0.229 e. The summed E-state index contributed by atoms with van der Waals surface area (Å²) >= 11 is 0. The molecule has 6 rings (SSSR count). The van der Waals surface area contributed by atoms with Gasteiger partial charge in [0.2, 0.25) is 5.95 Å². The van der Waals surface area contributed by atoms with Gasteiger partial charge in [-0.05, 0) is 43.1 Å². The van der Waals surface area contributed by atoms with Crippen LogP contribution in [-0.2, 0) is 19.5 Å². The second-order valence-electron chi connectivity index (χ2n) is 10.1. The second-order valence-corrected chi connectivity index (χ2v) is 10.1. The van der Waals surface area contributed by atoms with Gasteiger partial charge in [0.25, 0.3) is 0 Å². The molecule has 4 aromatic rings. The molecule has 0 aliphatic carbocycles. The first-order chi connectivity index (χ1) is 18.6. The summed E-state index contributed by atoms with van der Waals surface area (Å²) in [5.74, 6) is 0.557. The van der Waals surface area contributed by atoms with Crippen molar-refractivity contribution in [1.29, 1.82) is 0 Å². The summed E-state index contributed by atoms with van der Waals surface area (Å²) in [5.41, 5.74) is 2.53. The van der Waals surface area contributed by atoms with Gasteiger partial charge in [-0.2, -0.15) is 0 Å². The van der Waals surface area contributed by atoms with Gasteiger partial charge in [-0.25, -0.2) is 28.7 Å². The lowest BCUT2D eigenvalue weighted by atomic mass is 10.1. The van der Waals surface area contributed by atoms with E-state index in [0.29, 0.717) is 22.4 Å². The van der Waals surface area contributed by atoms with Crippen LogP contribution >= 0.6 is 0 Å². The zero-order chi connectivity index (χ0) is 26.1. The predicted octanol–water partition coefficient (Wildman–Crippen LogP) is 4.77. The monoisotopic (exact) mass is 518 g/mol. The number of nitrogens with one attached hydrogen (secondary N) is 1. The molecule has 1 N–H and O–H groups in total. The molecule has 5 heterocycles. The van der Waals surface area contributed by atoms with Crippen LogP contribution in [0, 0.1) is 11.6 Å². The van der Waals surface area contributed by atoms with E-state index in [-0.39, 0.29) is 11.6 Å². The summed E-state index contributed by atoms with van der Waals surface area (Å²) in [6.45, 7) is 9.21. The minimum atomic E-state index is -0.614. The highest BCUT2D eigenvalue weighted by Gasteiger charge is 2.20. The largest absolute Gasteiger partial charge is 0.328 e. The van der Waals surface area contributed by atoms with E-state index in [1.54, 1.807) is 6.07 Å². The molecule has 10 heteroatoms. The van der Waals surface area contributed by atoms with Gasteiger partial charge in [0.1, 0.15) is 22.9 Å². The minimum absolute atomic E-state index is 0.0373. The number of nitrogens with zero attached hydrogens (tertiary/aromatic N) is 7. The highest BCUT2D eigenvalue weighted by atomic mass is 19.1. The molecule has 2 aliphatic heterocycles. The number of aromatic nitrogens is 5. The van der Waals surface area contributed by atoms with Crippen LogP contribution in [0.15, 0.2) is 36.7 Å². The molecule has 0 spiro atoms. The van der Waals surface area contributed by atoms with Crippen molar-refractivity contribution in [1.82, 2.24) is 34.3 Å². The third kappa shape index (κ3) is 5.10. The molecule has 0 amide bonds. The normalized spacial score (nSPS) is 16.9. The zero-order valence-corrected chi connectivity index (χ0v) is 21.6. The fourth-order valence-corrected chi connectivity index (χ4v) is 5.39. The summed E-state index contributed by atoms with van der Waals surface area (Å²) in [7, 11) is 0. The van der Waals surface area contributed by atoms with Crippen molar-refractivity contribution in [3.05, 3.63) is 59.7 Å². The Hall–Kier alpha value is -3.50. The van der Waals surface area contributed by atoms with E-state index in [4.69, 9.17) is 0 Å². The summed E-state index contributed by atoms with van der Waals surface area (Å²) in [4.78, 5) is 22.4. The summed E-state index contributed by atoms with van der Waals surface area (Å²) < 4.78 is 32.0. The molecule has 1 fully saturated rings. The van der Waals surface area contributed by atoms with Crippen LogP contribution in [-0.4, -0.2) is 67.0 Å². The molecule has 1 aromatic carbocycles. The van der Waals surface area contributed by atoms with Crippen LogP contribution in [0.25, 0.3) is 22.3 Å². The van der Waals surface area contributed by atoms with Crippen LogP contribution < -0.4 is 5.32 Å². The smallest absolute Gasteiger partial charge is 0.229 e. The second kappa shape index (κ2) is 10.7. The third-order valence-electron chi connectivity index (χ3n) is 7.57. The number of benzene rings is 1. The molecule has 1 saturated heterocycles. The first-order valence-electron chi connectivity index (χ1n) is 13.5. The van der Waals surface area contributed by atoms with Crippen molar-refractivity contribution >= 4 is 22.8 Å². The minimum Gasteiger partial charge on any atom is -0.328 e. The van der Waals surface area contributed by atoms with Crippen molar-refractivity contribution in [3.8, 4) is 11.3 Å². The molecule has 3 aromatic heterocycles. The maximum atomic E-state index is 15.1. The van der Waals surface area contributed by atoms with Crippen LogP contribution in [0.2, 0.25) is 0 Å². The number of pyridine rings is 1. The van der Waals surface area contributed by atoms with E-state index in [0.717, 1.165) is 89.1 Å². The Labute approximate surface area is 220 Å². The van der Waals surface area contributed by atoms with E-state index < -0.39 is 11.6 Å². The Morgan fingerprint density at radius 3 is 2.50 bits per heavy atom. The Bertz CT molecular complexity index is 1430. The van der Waals surface area contributed by atoms with Gasteiger partial charge in [0.05, 0.1) is 11.7 Å². The lowest BCUT2D eigenvalue weighted by molar-refractivity contribution is 0.132. The topological polar surface area (TPSA) is 75.0 Å². The summed E-state index contributed by atoms with van der Waals surface area (Å²) in [6.07, 6.45) is 6.94. The van der Waals surface area contributed by atoms with Gasteiger partial charge in [-0.15, -0.1) is 0 Å². The van der Waals surface area contributed by atoms with Gasteiger partial charge >= 0.3 is 0 Å². The number of hydrogen-bond donors (Lipinski definition) is 1. The lowest BCUT2D eigenvalue weighted by Gasteiger charge is -2.33. The van der Waals surface area contributed by atoms with Crippen molar-refractivity contribution in [2.24, 2.45) is 0 Å². The standard InChI is InChI=1S/C28H32F2N8/c1-2-36-10-12-37(13-11-36)18-19-7-8-24(31-16-19)33-28-32-17-22(30)26(35-28)20-14-21(29)27-23(15-20)38-9-5-3-4-6-25(38)34-27/h7-8,14-17H,2-6,9-13,18H2,1H3,(H,31,32,33,35). The highest BCUT2D eigenvalue weighted by molar-refractivity contribution is 5.83. The average Bonchev–Trinajstić information content (AvgIpc) is 3.12.